The van der Waals surface area contributed by atoms with Crippen molar-refractivity contribution >= 4 is 17.5 Å². The maximum atomic E-state index is 13.1. The number of anilines is 1. The lowest BCUT2D eigenvalue weighted by atomic mass is 10.1. The van der Waals surface area contributed by atoms with E-state index < -0.39 is 6.10 Å². The Morgan fingerprint density at radius 3 is 2.88 bits per heavy atom. The van der Waals surface area contributed by atoms with Gasteiger partial charge in [0.15, 0.2) is 6.10 Å². The van der Waals surface area contributed by atoms with Gasteiger partial charge >= 0.3 is 0 Å². The summed E-state index contributed by atoms with van der Waals surface area (Å²) >= 11 is 0. The number of halogens is 1. The molecule has 2 N–H and O–H groups in total. The van der Waals surface area contributed by atoms with Gasteiger partial charge in [0.1, 0.15) is 11.6 Å². The van der Waals surface area contributed by atoms with Crippen LogP contribution in [-0.2, 0) is 16.0 Å². The quantitative estimate of drug-likeness (QED) is 0.885. The zero-order valence-corrected chi connectivity index (χ0v) is 12.9. The van der Waals surface area contributed by atoms with Crippen LogP contribution in [0.1, 0.15) is 12.0 Å². The van der Waals surface area contributed by atoms with Gasteiger partial charge < -0.3 is 15.4 Å². The van der Waals surface area contributed by atoms with E-state index in [0.717, 1.165) is 5.56 Å². The molecule has 1 aliphatic heterocycles. The summed E-state index contributed by atoms with van der Waals surface area (Å²) in [5.41, 5.74) is 1.40. The number of rotatable bonds is 5. The normalized spacial score (nSPS) is 15.9. The molecule has 0 saturated heterocycles. The number of amides is 2. The van der Waals surface area contributed by atoms with E-state index in [1.807, 2.05) is 0 Å². The molecule has 24 heavy (non-hydrogen) atoms. The van der Waals surface area contributed by atoms with Gasteiger partial charge in [-0.2, -0.15) is 0 Å². The first-order valence-corrected chi connectivity index (χ1v) is 7.69. The van der Waals surface area contributed by atoms with E-state index in [1.54, 1.807) is 36.4 Å². The molecule has 124 valence electrons. The number of carbonyl (C=O) groups excluding carboxylic acids is 2. The van der Waals surface area contributed by atoms with Crippen LogP contribution in [-0.4, -0.2) is 24.5 Å². The average molecular weight is 328 g/mol. The van der Waals surface area contributed by atoms with Crippen LogP contribution < -0.4 is 15.4 Å². The standard InChI is InChI=1S/C18H17FN2O3/c19-13-5-3-4-12(10-13)8-9-20-17(22)11-16-18(23)21-14-6-1-2-7-15(14)24-16/h1-7,10,16H,8-9,11H2,(H,20,22)(H,21,23)/t16-/m0/s1. The highest BCUT2D eigenvalue weighted by Gasteiger charge is 2.29. The van der Waals surface area contributed by atoms with E-state index in [1.165, 1.54) is 12.1 Å². The van der Waals surface area contributed by atoms with Crippen LogP contribution in [0, 0.1) is 5.82 Å². The Morgan fingerprint density at radius 2 is 2.04 bits per heavy atom. The van der Waals surface area contributed by atoms with Crippen molar-refractivity contribution < 1.29 is 18.7 Å². The lowest BCUT2D eigenvalue weighted by molar-refractivity contribution is -0.130. The van der Waals surface area contributed by atoms with Gasteiger partial charge in [0.25, 0.3) is 5.91 Å². The third kappa shape index (κ3) is 3.90. The van der Waals surface area contributed by atoms with Crippen molar-refractivity contribution in [3.63, 3.8) is 0 Å². The average Bonchev–Trinajstić information content (AvgIpc) is 2.55. The molecule has 0 fully saturated rings. The summed E-state index contributed by atoms with van der Waals surface area (Å²) in [6.07, 6.45) is -0.401. The Morgan fingerprint density at radius 1 is 1.21 bits per heavy atom. The second kappa shape index (κ2) is 7.12. The number of ether oxygens (including phenoxy) is 1. The molecule has 0 radical (unpaired) electrons. The minimum atomic E-state index is -0.853. The van der Waals surface area contributed by atoms with Gasteiger partial charge in [0.2, 0.25) is 5.91 Å². The van der Waals surface area contributed by atoms with Gasteiger partial charge in [-0.05, 0) is 36.2 Å². The third-order valence-electron chi connectivity index (χ3n) is 3.70. The third-order valence-corrected chi connectivity index (χ3v) is 3.70. The van der Waals surface area contributed by atoms with Gasteiger partial charge in [0, 0.05) is 6.54 Å². The van der Waals surface area contributed by atoms with Crippen LogP contribution in [0.3, 0.4) is 0 Å². The van der Waals surface area contributed by atoms with Gasteiger partial charge in [-0.15, -0.1) is 0 Å². The highest BCUT2D eigenvalue weighted by atomic mass is 19.1. The van der Waals surface area contributed by atoms with Crippen molar-refractivity contribution in [2.75, 3.05) is 11.9 Å². The van der Waals surface area contributed by atoms with E-state index in [-0.39, 0.29) is 24.1 Å². The monoisotopic (exact) mass is 328 g/mol. The zero-order chi connectivity index (χ0) is 16.9. The predicted octanol–water partition coefficient (Wildman–Crippen LogP) is 2.27. The van der Waals surface area contributed by atoms with Gasteiger partial charge in [-0.1, -0.05) is 24.3 Å². The van der Waals surface area contributed by atoms with Crippen LogP contribution in [0.4, 0.5) is 10.1 Å². The minimum Gasteiger partial charge on any atom is -0.478 e. The highest BCUT2D eigenvalue weighted by molar-refractivity contribution is 5.99. The Balaban J connectivity index is 1.49. The number of hydrogen-bond acceptors (Lipinski definition) is 3. The van der Waals surface area contributed by atoms with Crippen molar-refractivity contribution in [2.45, 2.75) is 18.9 Å². The van der Waals surface area contributed by atoms with Crippen LogP contribution >= 0.6 is 0 Å². The van der Waals surface area contributed by atoms with Crippen LogP contribution in [0.5, 0.6) is 5.75 Å². The summed E-state index contributed by atoms with van der Waals surface area (Å²) in [6, 6.07) is 13.3. The summed E-state index contributed by atoms with van der Waals surface area (Å²) < 4.78 is 18.7. The Bertz CT molecular complexity index is 763. The summed E-state index contributed by atoms with van der Waals surface area (Å²) in [5.74, 6) is -0.376. The molecule has 0 bridgehead atoms. The lowest BCUT2D eigenvalue weighted by Gasteiger charge is -2.25. The topological polar surface area (TPSA) is 67.4 Å². The second-order valence-corrected chi connectivity index (χ2v) is 5.53. The number of nitrogens with one attached hydrogen (secondary N) is 2. The predicted molar refractivity (Wildman–Crippen MR) is 87.2 cm³/mol. The molecule has 0 aliphatic carbocycles. The highest BCUT2D eigenvalue weighted by Crippen LogP contribution is 2.29. The van der Waals surface area contributed by atoms with E-state index >= 15 is 0 Å². The maximum absolute atomic E-state index is 13.1. The fourth-order valence-corrected chi connectivity index (χ4v) is 2.51. The fourth-order valence-electron chi connectivity index (χ4n) is 2.51. The number of carbonyl (C=O) groups is 2. The maximum Gasteiger partial charge on any atom is 0.266 e. The summed E-state index contributed by atoms with van der Waals surface area (Å²) in [4.78, 5) is 23.9. The van der Waals surface area contributed by atoms with Crippen LogP contribution in [0.15, 0.2) is 48.5 Å². The van der Waals surface area contributed by atoms with Crippen molar-refractivity contribution in [3.05, 3.63) is 59.9 Å². The molecular weight excluding hydrogens is 311 g/mol. The number of para-hydroxylation sites is 2. The van der Waals surface area contributed by atoms with Crippen molar-refractivity contribution in [2.24, 2.45) is 0 Å². The van der Waals surface area contributed by atoms with E-state index in [9.17, 15) is 14.0 Å². The molecule has 2 aromatic rings. The number of hydrogen-bond donors (Lipinski definition) is 2. The Kier molecular flexibility index (Phi) is 4.74. The van der Waals surface area contributed by atoms with Crippen molar-refractivity contribution in [3.8, 4) is 5.75 Å². The molecule has 1 aliphatic rings. The minimum absolute atomic E-state index is 0.0662. The molecule has 5 nitrogen and oxygen atoms in total. The molecule has 0 unspecified atom stereocenters. The Labute approximate surface area is 138 Å². The smallest absolute Gasteiger partial charge is 0.266 e. The fraction of sp³-hybridized carbons (Fsp3) is 0.222. The second-order valence-electron chi connectivity index (χ2n) is 5.53. The summed E-state index contributed by atoms with van der Waals surface area (Å²) in [7, 11) is 0. The summed E-state index contributed by atoms with van der Waals surface area (Å²) in [6.45, 7) is 0.368. The van der Waals surface area contributed by atoms with E-state index in [4.69, 9.17) is 4.74 Å². The molecular formula is C18H17FN2O3. The molecule has 0 aromatic heterocycles. The SMILES string of the molecule is O=C(C[C@@H]1Oc2ccccc2NC1=O)NCCc1cccc(F)c1. The van der Waals surface area contributed by atoms with Gasteiger partial charge in [-0.25, -0.2) is 4.39 Å². The first-order chi connectivity index (χ1) is 11.6. The van der Waals surface area contributed by atoms with E-state index in [0.29, 0.717) is 24.4 Å². The molecule has 1 heterocycles. The molecule has 2 aromatic carbocycles. The first kappa shape index (κ1) is 16.0. The van der Waals surface area contributed by atoms with Gasteiger partial charge in [0.05, 0.1) is 12.1 Å². The lowest BCUT2D eigenvalue weighted by Crippen LogP contribution is -2.41. The number of fused-ring (bicyclic) bond motifs is 1. The van der Waals surface area contributed by atoms with Crippen molar-refractivity contribution in [1.29, 1.82) is 0 Å². The molecule has 1 atom stereocenters. The molecule has 2 amide bonds. The summed E-state index contributed by atoms with van der Waals surface area (Å²) in [5, 5.41) is 5.44. The first-order valence-electron chi connectivity index (χ1n) is 7.69. The largest absolute Gasteiger partial charge is 0.478 e. The van der Waals surface area contributed by atoms with Gasteiger partial charge in [-0.3, -0.25) is 9.59 Å². The van der Waals surface area contributed by atoms with Crippen LogP contribution in [0.2, 0.25) is 0 Å². The molecule has 0 spiro atoms. The zero-order valence-electron chi connectivity index (χ0n) is 12.9. The molecule has 6 heteroatoms. The van der Waals surface area contributed by atoms with Crippen LogP contribution in [0.25, 0.3) is 0 Å². The molecule has 0 saturated carbocycles. The Hall–Kier alpha value is -2.89. The molecule has 3 rings (SSSR count). The van der Waals surface area contributed by atoms with Crippen molar-refractivity contribution in [1.82, 2.24) is 5.32 Å². The van der Waals surface area contributed by atoms with E-state index in [2.05, 4.69) is 10.6 Å². The number of benzene rings is 2.